The second-order valence-corrected chi connectivity index (χ2v) is 9.30. The van der Waals surface area contributed by atoms with Gasteiger partial charge in [-0.1, -0.05) is 11.6 Å². The zero-order valence-electron chi connectivity index (χ0n) is 15.7. The summed E-state index contributed by atoms with van der Waals surface area (Å²) in [5.74, 6) is -0.492. The van der Waals surface area contributed by atoms with E-state index in [1.165, 1.54) is 16.4 Å². The summed E-state index contributed by atoms with van der Waals surface area (Å²) in [5.41, 5.74) is 2.91. The number of nitrogens with one attached hydrogen (secondary N) is 1. The van der Waals surface area contributed by atoms with Crippen LogP contribution in [0.4, 0.5) is 4.39 Å². The van der Waals surface area contributed by atoms with Gasteiger partial charge in [0, 0.05) is 18.2 Å². The van der Waals surface area contributed by atoms with E-state index < -0.39 is 15.8 Å². The molecule has 2 aromatic carbocycles. The van der Waals surface area contributed by atoms with Crippen LogP contribution in [0.3, 0.4) is 0 Å². The molecule has 7 heteroatoms. The minimum atomic E-state index is -3.83. The van der Waals surface area contributed by atoms with E-state index in [1.807, 2.05) is 26.0 Å². The molecular weight excluding hydrogens is 379 g/mol. The molecule has 0 bridgehead atoms. The van der Waals surface area contributed by atoms with Crippen LogP contribution in [-0.4, -0.2) is 23.7 Å². The number of halogens is 1. The van der Waals surface area contributed by atoms with Crippen LogP contribution in [0.1, 0.15) is 29.5 Å². The van der Waals surface area contributed by atoms with Crippen LogP contribution in [-0.2, 0) is 16.6 Å². The fourth-order valence-corrected chi connectivity index (χ4v) is 5.20. The van der Waals surface area contributed by atoms with Gasteiger partial charge in [-0.05, 0) is 74.0 Å². The molecule has 1 aliphatic rings. The van der Waals surface area contributed by atoms with Gasteiger partial charge in [0.2, 0.25) is 10.0 Å². The van der Waals surface area contributed by atoms with Crippen LogP contribution in [0.5, 0.6) is 0 Å². The lowest BCUT2D eigenvalue weighted by molar-refractivity contribution is 0.397. The third kappa shape index (κ3) is 3.47. The first-order valence-electron chi connectivity index (χ1n) is 9.16. The van der Waals surface area contributed by atoms with E-state index in [0.29, 0.717) is 5.56 Å². The van der Waals surface area contributed by atoms with E-state index in [1.54, 1.807) is 6.07 Å². The molecule has 3 aromatic rings. The Morgan fingerprint density at radius 1 is 1.11 bits per heavy atom. The van der Waals surface area contributed by atoms with Gasteiger partial charge in [-0.15, -0.1) is 0 Å². The van der Waals surface area contributed by atoms with Crippen molar-refractivity contribution < 1.29 is 12.8 Å². The number of aromatic amines is 1. The largest absolute Gasteiger partial charge is 0.321 e. The van der Waals surface area contributed by atoms with Crippen molar-refractivity contribution in [3.05, 3.63) is 75.3 Å². The molecule has 4 rings (SSSR count). The highest BCUT2D eigenvalue weighted by atomic mass is 32.2. The summed E-state index contributed by atoms with van der Waals surface area (Å²) in [5, 5.41) is 0.877. The van der Waals surface area contributed by atoms with Crippen molar-refractivity contribution >= 4 is 20.9 Å². The van der Waals surface area contributed by atoms with Gasteiger partial charge in [-0.2, -0.15) is 4.31 Å². The third-order valence-electron chi connectivity index (χ3n) is 5.07. The third-order valence-corrected chi connectivity index (χ3v) is 6.98. The standard InChI is InChI=1S/C21H21FN2O3S/c1-13-9-14(2)20-15(10-13)11-16(21(25)23-20)12-24(18-5-6-18)28(26,27)19-7-3-17(22)4-8-19/h3-4,7-11,18H,5-6,12H2,1-2H3,(H,23,25). The number of hydrogen-bond acceptors (Lipinski definition) is 3. The summed E-state index contributed by atoms with van der Waals surface area (Å²) >= 11 is 0. The van der Waals surface area contributed by atoms with E-state index in [4.69, 9.17) is 0 Å². The monoisotopic (exact) mass is 400 g/mol. The minimum Gasteiger partial charge on any atom is -0.321 e. The fraction of sp³-hybridized carbons (Fsp3) is 0.286. The average molecular weight is 400 g/mol. The van der Waals surface area contributed by atoms with Crippen molar-refractivity contribution in [3.8, 4) is 0 Å². The summed E-state index contributed by atoms with van der Waals surface area (Å²) in [6.07, 6.45) is 1.51. The molecule has 0 aliphatic heterocycles. The number of aromatic nitrogens is 1. The number of pyridine rings is 1. The van der Waals surface area contributed by atoms with E-state index in [-0.39, 0.29) is 23.0 Å². The highest BCUT2D eigenvalue weighted by Crippen LogP contribution is 2.33. The number of rotatable bonds is 5. The maximum absolute atomic E-state index is 13.2. The Kier molecular flexibility index (Phi) is 4.59. The first-order chi connectivity index (χ1) is 13.3. The molecule has 0 atom stereocenters. The van der Waals surface area contributed by atoms with Gasteiger partial charge in [0.15, 0.2) is 0 Å². The van der Waals surface area contributed by atoms with Gasteiger partial charge in [-0.3, -0.25) is 4.79 Å². The number of sulfonamides is 1. The molecule has 1 heterocycles. The lowest BCUT2D eigenvalue weighted by atomic mass is 10.1. The van der Waals surface area contributed by atoms with Gasteiger partial charge in [0.1, 0.15) is 5.82 Å². The summed E-state index contributed by atoms with van der Waals surface area (Å²) < 4.78 is 40.8. The van der Waals surface area contributed by atoms with Gasteiger partial charge >= 0.3 is 0 Å². The quantitative estimate of drug-likeness (QED) is 0.711. The topological polar surface area (TPSA) is 70.2 Å². The van der Waals surface area contributed by atoms with Crippen molar-refractivity contribution in [1.29, 1.82) is 0 Å². The summed E-state index contributed by atoms with van der Waals surface area (Å²) in [4.78, 5) is 15.6. The van der Waals surface area contributed by atoms with Crippen LogP contribution in [0.15, 0.2) is 52.2 Å². The van der Waals surface area contributed by atoms with Crippen LogP contribution in [0.2, 0.25) is 0 Å². The number of hydrogen-bond donors (Lipinski definition) is 1. The first-order valence-corrected chi connectivity index (χ1v) is 10.6. The van der Waals surface area contributed by atoms with Crippen LogP contribution in [0.25, 0.3) is 10.9 Å². The molecule has 28 heavy (non-hydrogen) atoms. The van der Waals surface area contributed by atoms with Crippen molar-refractivity contribution in [2.75, 3.05) is 0 Å². The highest BCUT2D eigenvalue weighted by molar-refractivity contribution is 7.89. The van der Waals surface area contributed by atoms with Gasteiger partial charge in [-0.25, -0.2) is 12.8 Å². The Bertz CT molecular complexity index is 1210. The van der Waals surface area contributed by atoms with Crippen molar-refractivity contribution in [1.82, 2.24) is 9.29 Å². The molecule has 0 radical (unpaired) electrons. The number of fused-ring (bicyclic) bond motifs is 1. The Morgan fingerprint density at radius 2 is 1.79 bits per heavy atom. The second-order valence-electron chi connectivity index (χ2n) is 7.41. The summed E-state index contributed by atoms with van der Waals surface area (Å²) in [7, 11) is -3.83. The van der Waals surface area contributed by atoms with Crippen molar-refractivity contribution in [2.45, 2.75) is 44.2 Å². The molecule has 0 amide bonds. The number of benzene rings is 2. The Hall–Kier alpha value is -2.51. The SMILES string of the molecule is Cc1cc(C)c2[nH]c(=O)c(CN(C3CC3)S(=O)(=O)c3ccc(F)cc3)cc2c1. The molecule has 0 unspecified atom stereocenters. The molecule has 0 spiro atoms. The molecule has 5 nitrogen and oxygen atoms in total. The second kappa shape index (κ2) is 6.83. The zero-order chi connectivity index (χ0) is 20.1. The maximum Gasteiger partial charge on any atom is 0.252 e. The van der Waals surface area contributed by atoms with Gasteiger partial charge < -0.3 is 4.98 Å². The van der Waals surface area contributed by atoms with E-state index in [9.17, 15) is 17.6 Å². The number of nitrogens with zero attached hydrogens (tertiary/aromatic N) is 1. The Morgan fingerprint density at radius 3 is 2.43 bits per heavy atom. The van der Waals surface area contributed by atoms with E-state index in [0.717, 1.165) is 47.0 Å². The molecule has 1 N–H and O–H groups in total. The predicted octanol–water partition coefficient (Wildman–Crippen LogP) is 3.64. The summed E-state index contributed by atoms with van der Waals surface area (Å²) in [6.45, 7) is 3.90. The predicted molar refractivity (Wildman–Crippen MR) is 106 cm³/mol. The summed E-state index contributed by atoms with van der Waals surface area (Å²) in [6, 6.07) is 10.4. The zero-order valence-corrected chi connectivity index (χ0v) is 16.5. The Balaban J connectivity index is 1.76. The lowest BCUT2D eigenvalue weighted by Gasteiger charge is -2.22. The molecular formula is C21H21FN2O3S. The van der Waals surface area contributed by atoms with Crippen LogP contribution >= 0.6 is 0 Å². The Labute approximate surface area is 162 Å². The molecule has 146 valence electrons. The number of aryl methyl sites for hydroxylation is 2. The van der Waals surface area contributed by atoms with Gasteiger partial charge in [0.25, 0.3) is 5.56 Å². The van der Waals surface area contributed by atoms with Crippen LogP contribution < -0.4 is 5.56 Å². The first kappa shape index (κ1) is 18.8. The molecule has 1 fully saturated rings. The van der Waals surface area contributed by atoms with Crippen molar-refractivity contribution in [3.63, 3.8) is 0 Å². The molecule has 1 saturated carbocycles. The van der Waals surface area contributed by atoms with Crippen LogP contribution in [0, 0.1) is 19.7 Å². The highest BCUT2D eigenvalue weighted by Gasteiger charge is 2.38. The average Bonchev–Trinajstić information content (AvgIpc) is 3.45. The molecule has 1 aliphatic carbocycles. The van der Waals surface area contributed by atoms with E-state index in [2.05, 4.69) is 4.98 Å². The maximum atomic E-state index is 13.2. The molecule has 0 saturated heterocycles. The lowest BCUT2D eigenvalue weighted by Crippen LogP contribution is -2.34. The minimum absolute atomic E-state index is 0.0113. The van der Waals surface area contributed by atoms with Crippen molar-refractivity contribution in [2.24, 2.45) is 0 Å². The fourth-order valence-electron chi connectivity index (χ4n) is 3.53. The molecule has 1 aromatic heterocycles. The number of H-pyrrole nitrogens is 1. The normalized spacial score (nSPS) is 14.7. The van der Waals surface area contributed by atoms with E-state index >= 15 is 0 Å². The van der Waals surface area contributed by atoms with Gasteiger partial charge in [0.05, 0.1) is 10.4 Å². The smallest absolute Gasteiger partial charge is 0.252 e.